The third-order valence-corrected chi connectivity index (χ3v) is 10.3. The molecule has 5 unspecified atom stereocenters. The third kappa shape index (κ3) is 3.47. The Kier molecular flexibility index (Phi) is 6.77. The number of hydrogen-bond acceptors (Lipinski definition) is 0. The number of rotatable bonds is 2. The number of hydrogen-bond donors (Lipinski definition) is 0. The minimum absolute atomic E-state index is 0. The van der Waals surface area contributed by atoms with Crippen LogP contribution in [0.3, 0.4) is 0 Å². The van der Waals surface area contributed by atoms with Crippen LogP contribution in [0.15, 0.2) is 58.7 Å². The molecule has 0 aromatic carbocycles. The van der Waals surface area contributed by atoms with E-state index in [0.29, 0.717) is 0 Å². The van der Waals surface area contributed by atoms with Gasteiger partial charge in [-0.2, -0.15) is 0 Å². The van der Waals surface area contributed by atoms with Gasteiger partial charge in [0.15, 0.2) is 0 Å². The summed E-state index contributed by atoms with van der Waals surface area (Å²) in [7, 11) is 0. The molecule has 4 aliphatic rings. The topological polar surface area (TPSA) is 0 Å². The molecule has 1 fully saturated rings. The van der Waals surface area contributed by atoms with Crippen LogP contribution in [0.1, 0.15) is 59.8 Å². The summed E-state index contributed by atoms with van der Waals surface area (Å²) in [6.07, 6.45) is 21.1. The molecule has 0 saturated heterocycles. The van der Waals surface area contributed by atoms with E-state index in [9.17, 15) is 0 Å². The van der Waals surface area contributed by atoms with E-state index < -0.39 is 0 Å². The van der Waals surface area contributed by atoms with Gasteiger partial charge in [-0.15, -0.1) is 0 Å². The predicted molar refractivity (Wildman–Crippen MR) is 103 cm³/mol. The molecule has 0 aromatic heterocycles. The summed E-state index contributed by atoms with van der Waals surface area (Å²) in [6, 6.07) is 0. The van der Waals surface area contributed by atoms with Gasteiger partial charge in [0.1, 0.15) is 0 Å². The van der Waals surface area contributed by atoms with E-state index in [4.69, 9.17) is 0 Å². The van der Waals surface area contributed by atoms with Crippen LogP contribution in [0.5, 0.6) is 0 Å². The summed E-state index contributed by atoms with van der Waals surface area (Å²) in [5, 5.41) is 0. The van der Waals surface area contributed by atoms with Gasteiger partial charge in [-0.25, -0.2) is 0 Å². The number of allylic oxidation sites excluding steroid dienone is 10. The summed E-state index contributed by atoms with van der Waals surface area (Å²) in [5.41, 5.74) is 7.04. The average Bonchev–Trinajstić information content (AvgIpc) is 3.24. The zero-order valence-electron chi connectivity index (χ0n) is 17.0. The molecular formula is C24H31F2Hf. The molecule has 0 heterocycles. The summed E-state index contributed by atoms with van der Waals surface area (Å²) >= 11 is 1.35. The predicted octanol–water partition coefficient (Wildman–Crippen LogP) is 0.881. The van der Waals surface area contributed by atoms with Gasteiger partial charge < -0.3 is 9.41 Å². The molecule has 4 rings (SSSR count). The summed E-state index contributed by atoms with van der Waals surface area (Å²) in [4.78, 5) is 0. The Bertz CT molecular complexity index is 741. The van der Waals surface area contributed by atoms with Crippen molar-refractivity contribution in [1.82, 2.24) is 0 Å². The Morgan fingerprint density at radius 3 is 2.44 bits per heavy atom. The standard InChI is InChI=1S/C24H31.2FH.Hf/c1-17-16-19-8-7-11-22(19)24(4,18(17)2)21-12-14-23(3,15-13-21)20-9-5-6-10-20;;;/h5-6,9,11-14,19,22H,7-8,10,15-16H2,1-4H3;2*1H;/q;;;+2/p-2. The van der Waals surface area contributed by atoms with Crippen molar-refractivity contribution in [3.63, 3.8) is 0 Å². The van der Waals surface area contributed by atoms with Crippen molar-refractivity contribution in [1.29, 1.82) is 0 Å². The fourth-order valence-electron chi connectivity index (χ4n) is 6.06. The normalized spacial score (nSPS) is 40.1. The molecule has 0 bridgehead atoms. The van der Waals surface area contributed by atoms with Gasteiger partial charge in [0.25, 0.3) is 0 Å². The molecule has 0 nitrogen and oxygen atoms in total. The molecule has 1 saturated carbocycles. The Morgan fingerprint density at radius 2 is 1.85 bits per heavy atom. The van der Waals surface area contributed by atoms with Gasteiger partial charge >= 0.3 is 169 Å². The van der Waals surface area contributed by atoms with Crippen LogP contribution in [0.2, 0.25) is 3.67 Å². The molecule has 0 aliphatic heterocycles. The zero-order valence-corrected chi connectivity index (χ0v) is 20.6. The quantitative estimate of drug-likeness (QED) is 0.364. The second-order valence-corrected chi connectivity index (χ2v) is 11.9. The molecule has 145 valence electrons. The van der Waals surface area contributed by atoms with Gasteiger partial charge in [-0.05, 0) is 0 Å². The smallest absolute Gasteiger partial charge is 1.00 e. The molecule has 0 radical (unpaired) electrons. The Morgan fingerprint density at radius 1 is 1.11 bits per heavy atom. The molecule has 0 spiro atoms. The molecule has 0 aromatic rings. The van der Waals surface area contributed by atoms with E-state index in [1.54, 1.807) is 22.3 Å². The van der Waals surface area contributed by atoms with Crippen LogP contribution in [0, 0.1) is 22.7 Å². The van der Waals surface area contributed by atoms with Crippen molar-refractivity contribution < 1.29 is 33.8 Å². The molecule has 0 amide bonds. The fraction of sp³-hybridized carbons (Fsp3) is 0.583. The van der Waals surface area contributed by atoms with Crippen LogP contribution in [-0.4, -0.2) is 0 Å². The van der Waals surface area contributed by atoms with E-state index in [-0.39, 0.29) is 20.2 Å². The summed E-state index contributed by atoms with van der Waals surface area (Å²) < 4.78 is 0.988. The minimum atomic E-state index is 0. The van der Waals surface area contributed by atoms with E-state index in [1.807, 2.05) is 0 Å². The molecule has 4 aliphatic carbocycles. The first-order valence-electron chi connectivity index (χ1n) is 10.0. The SMILES string of the molecule is CC1=C(C)C(C)(C2=CCC(C)(C3=CC=CC3)C=C2)C2[CH]([Hf+2])CCC2C1.[F-].[F-]. The molecule has 5 atom stereocenters. The van der Waals surface area contributed by atoms with E-state index >= 15 is 0 Å². The second-order valence-electron chi connectivity index (χ2n) is 9.22. The van der Waals surface area contributed by atoms with E-state index in [0.717, 1.165) is 28.4 Å². The summed E-state index contributed by atoms with van der Waals surface area (Å²) in [5.74, 6) is 1.82. The Hall–Kier alpha value is -0.570. The Balaban J connectivity index is 0.00000131. The molecule has 0 N–H and O–H groups in total. The van der Waals surface area contributed by atoms with Gasteiger partial charge in [-0.1, -0.05) is 0 Å². The van der Waals surface area contributed by atoms with Crippen LogP contribution >= 0.6 is 0 Å². The molecular weight excluding hydrogens is 505 g/mol. The van der Waals surface area contributed by atoms with Crippen LogP contribution in [-0.2, 0) is 24.4 Å². The maximum Gasteiger partial charge on any atom is -1.00 e. The van der Waals surface area contributed by atoms with Crippen molar-refractivity contribution in [3.05, 3.63) is 58.7 Å². The van der Waals surface area contributed by atoms with Gasteiger partial charge in [0.2, 0.25) is 0 Å². The zero-order chi connectivity index (χ0) is 17.8. The number of halogens is 2. The third-order valence-electron chi connectivity index (χ3n) is 7.93. The first-order valence-corrected chi connectivity index (χ1v) is 12.1. The number of fused-ring (bicyclic) bond motifs is 1. The largest absolute Gasteiger partial charge is 1.00 e. The maximum atomic E-state index is 2.60. The van der Waals surface area contributed by atoms with Gasteiger partial charge in [-0.3, -0.25) is 0 Å². The Labute approximate surface area is 178 Å². The second kappa shape index (κ2) is 8.05. The molecule has 3 heteroatoms. The van der Waals surface area contributed by atoms with Crippen molar-refractivity contribution in [2.45, 2.75) is 63.5 Å². The average molecular weight is 536 g/mol. The van der Waals surface area contributed by atoms with Crippen molar-refractivity contribution in [2.75, 3.05) is 0 Å². The monoisotopic (exact) mass is 537 g/mol. The molecule has 27 heavy (non-hydrogen) atoms. The van der Waals surface area contributed by atoms with E-state index in [2.05, 4.69) is 64.2 Å². The van der Waals surface area contributed by atoms with Crippen molar-refractivity contribution >= 4 is 0 Å². The first-order chi connectivity index (χ1) is 11.9. The fourth-order valence-corrected chi connectivity index (χ4v) is 8.83. The van der Waals surface area contributed by atoms with Crippen LogP contribution in [0.25, 0.3) is 0 Å². The first kappa shape index (κ1) is 22.7. The maximum absolute atomic E-state index is 2.60. The minimum Gasteiger partial charge on any atom is -1.00 e. The van der Waals surface area contributed by atoms with Crippen LogP contribution in [0.4, 0.5) is 0 Å². The van der Waals surface area contributed by atoms with Crippen molar-refractivity contribution in [2.24, 2.45) is 22.7 Å². The van der Waals surface area contributed by atoms with Gasteiger partial charge in [0, 0.05) is 0 Å². The summed E-state index contributed by atoms with van der Waals surface area (Å²) in [6.45, 7) is 9.83. The van der Waals surface area contributed by atoms with Crippen LogP contribution < -0.4 is 9.41 Å². The van der Waals surface area contributed by atoms with E-state index in [1.165, 1.54) is 43.6 Å². The van der Waals surface area contributed by atoms with Gasteiger partial charge in [0.05, 0.1) is 0 Å². The van der Waals surface area contributed by atoms with Crippen molar-refractivity contribution in [3.8, 4) is 0 Å².